The molecule has 1 unspecified atom stereocenters. The second kappa shape index (κ2) is 17.1. The van der Waals surface area contributed by atoms with Crippen molar-refractivity contribution in [1.29, 1.82) is 0 Å². The average molecular weight is 253 g/mol. The zero-order valence-corrected chi connectivity index (χ0v) is 12.7. The number of rotatable bonds is 11. The lowest BCUT2D eigenvalue weighted by atomic mass is 10.1. The van der Waals surface area contributed by atoms with Crippen molar-refractivity contribution in [3.05, 3.63) is 0 Å². The van der Waals surface area contributed by atoms with Crippen molar-refractivity contribution in [1.82, 2.24) is 0 Å². The second-order valence-electron chi connectivity index (χ2n) is 4.39. The van der Waals surface area contributed by atoms with E-state index < -0.39 is 0 Å². The highest BCUT2D eigenvalue weighted by Gasteiger charge is 1.92. The van der Waals surface area contributed by atoms with Crippen LogP contribution in [-0.2, 0) is 0 Å². The van der Waals surface area contributed by atoms with Crippen LogP contribution in [0.4, 0.5) is 0 Å². The number of hydrogen-bond donors (Lipinski definition) is 0. The van der Waals surface area contributed by atoms with Crippen LogP contribution in [0, 0.1) is 0 Å². The maximum Gasteiger partial charge on any atom is 0.0526 e. The zero-order chi connectivity index (χ0) is 10.5. The highest BCUT2D eigenvalue weighted by Crippen LogP contribution is 2.11. The molecule has 0 amide bonds. The van der Waals surface area contributed by atoms with Gasteiger partial charge in [0, 0.05) is 0 Å². The van der Waals surface area contributed by atoms with Crippen LogP contribution in [0.2, 0.25) is 0 Å². The number of unbranched alkanes of at least 4 members (excludes halogenated alkanes) is 10. The molecule has 0 aliphatic carbocycles. The van der Waals surface area contributed by atoms with Gasteiger partial charge in [-0.15, -0.1) is 0 Å². The van der Waals surface area contributed by atoms with Crippen molar-refractivity contribution < 1.29 is 12.4 Å². The summed E-state index contributed by atoms with van der Waals surface area (Å²) in [6.45, 7) is 2.29. The Balaban J connectivity index is 0. The summed E-state index contributed by atoms with van der Waals surface area (Å²) in [5.74, 6) is 0. The molecule has 2 heteroatoms. The molecule has 0 saturated carbocycles. The first kappa shape index (κ1) is 18.1. The minimum atomic E-state index is 0. The largest absolute Gasteiger partial charge is 1.00 e. The minimum Gasteiger partial charge on any atom is -1.00 e. The van der Waals surface area contributed by atoms with Crippen molar-refractivity contribution in [2.24, 2.45) is 0 Å². The minimum absolute atomic E-state index is 0. The fourth-order valence-electron chi connectivity index (χ4n) is 1.84. The van der Waals surface area contributed by atoms with Gasteiger partial charge in [-0.05, 0) is 22.1 Å². The smallest absolute Gasteiger partial charge is 0.0526 e. The normalized spacial score (nSPS) is 10.2. The van der Waals surface area contributed by atoms with E-state index in [1.807, 2.05) is 0 Å². The quantitative estimate of drug-likeness (QED) is 0.389. The number of halogens is 1. The topological polar surface area (TPSA) is 0 Å². The van der Waals surface area contributed by atoms with Gasteiger partial charge >= 0.3 is 0 Å². The lowest BCUT2D eigenvalue weighted by Gasteiger charge is -2.01. The van der Waals surface area contributed by atoms with Gasteiger partial charge in [-0.25, -0.2) is 0 Å². The Morgan fingerprint density at radius 2 is 0.933 bits per heavy atom. The van der Waals surface area contributed by atoms with Crippen LogP contribution in [0.25, 0.3) is 0 Å². The predicted octanol–water partition coefficient (Wildman–Crippen LogP) is 1.91. The van der Waals surface area contributed by atoms with Crippen molar-refractivity contribution in [2.75, 3.05) is 6.16 Å². The summed E-state index contributed by atoms with van der Waals surface area (Å²) in [5.41, 5.74) is 0. The average Bonchev–Trinajstić information content (AvgIpc) is 2.21. The molecule has 0 aliphatic rings. The first-order chi connectivity index (χ1) is 6.91. The highest BCUT2D eigenvalue weighted by atomic mass is 35.5. The highest BCUT2D eigenvalue weighted by molar-refractivity contribution is 7.16. The monoisotopic (exact) mass is 252 g/mol. The van der Waals surface area contributed by atoms with Gasteiger partial charge in [0.05, 0.1) is 6.16 Å². The first-order valence-corrected chi connectivity index (χ1v) is 7.71. The van der Waals surface area contributed by atoms with Crippen molar-refractivity contribution in [2.45, 2.75) is 77.6 Å². The van der Waals surface area contributed by atoms with E-state index in [-0.39, 0.29) is 12.4 Å². The molecule has 94 valence electrons. The van der Waals surface area contributed by atoms with Crippen LogP contribution < -0.4 is 12.4 Å². The van der Waals surface area contributed by atoms with Gasteiger partial charge in [0.2, 0.25) is 0 Å². The first-order valence-electron chi connectivity index (χ1n) is 6.71. The summed E-state index contributed by atoms with van der Waals surface area (Å²) in [6.07, 6.45) is 17.5. The van der Waals surface area contributed by atoms with Crippen LogP contribution >= 0.6 is 9.24 Å². The molecule has 0 spiro atoms. The summed E-state index contributed by atoms with van der Waals surface area (Å²) < 4.78 is 0. The van der Waals surface area contributed by atoms with E-state index in [1.54, 1.807) is 0 Å². The van der Waals surface area contributed by atoms with Gasteiger partial charge in [0.15, 0.2) is 0 Å². The third-order valence-electron chi connectivity index (χ3n) is 2.85. The van der Waals surface area contributed by atoms with Crippen LogP contribution in [0.3, 0.4) is 0 Å². The Kier molecular flexibility index (Phi) is 20.7. The molecule has 0 nitrogen and oxygen atoms in total. The Bertz CT molecular complexity index is 84.5. The molecule has 1 atom stereocenters. The van der Waals surface area contributed by atoms with Crippen molar-refractivity contribution in [3.8, 4) is 0 Å². The fraction of sp³-hybridized carbons (Fsp3) is 1.00. The van der Waals surface area contributed by atoms with E-state index in [2.05, 4.69) is 16.2 Å². The van der Waals surface area contributed by atoms with Crippen molar-refractivity contribution in [3.63, 3.8) is 0 Å². The predicted molar refractivity (Wildman–Crippen MR) is 72.4 cm³/mol. The third kappa shape index (κ3) is 17.3. The van der Waals surface area contributed by atoms with Gasteiger partial charge in [-0.3, -0.25) is 0 Å². The van der Waals surface area contributed by atoms with Crippen molar-refractivity contribution >= 4 is 9.24 Å². The zero-order valence-electron chi connectivity index (χ0n) is 10.6. The van der Waals surface area contributed by atoms with E-state index in [9.17, 15) is 0 Å². The van der Waals surface area contributed by atoms with Crippen LogP contribution in [0.15, 0.2) is 0 Å². The maximum atomic E-state index is 2.29. The third-order valence-corrected chi connectivity index (χ3v) is 3.35. The summed E-state index contributed by atoms with van der Waals surface area (Å²) in [6, 6.07) is 0. The molecule has 0 aromatic rings. The molecular weight excluding hydrogens is 223 g/mol. The maximum absolute atomic E-state index is 2.29. The number of hydrogen-bond acceptors (Lipinski definition) is 0. The lowest BCUT2D eigenvalue weighted by Crippen LogP contribution is -3.00. The van der Waals surface area contributed by atoms with Gasteiger partial charge in [-0.1, -0.05) is 64.7 Å². The Morgan fingerprint density at radius 3 is 1.27 bits per heavy atom. The molecule has 0 aromatic carbocycles. The standard InChI is InChI=1S/C13H29P.ClH/c1-2-3-4-5-6-7-8-9-10-11-12-13-14;/h2-14H2,1H3;1H. The molecule has 0 heterocycles. The lowest BCUT2D eigenvalue weighted by molar-refractivity contribution is -0.00000308. The Hall–Kier alpha value is 0.720. The molecule has 0 aromatic heterocycles. The van der Waals surface area contributed by atoms with Gasteiger partial charge < -0.3 is 12.4 Å². The molecule has 0 fully saturated rings. The van der Waals surface area contributed by atoms with E-state index in [0.717, 1.165) is 0 Å². The van der Waals surface area contributed by atoms with Crippen LogP contribution in [0.5, 0.6) is 0 Å². The fourth-order valence-corrected chi connectivity index (χ4v) is 2.19. The van der Waals surface area contributed by atoms with Gasteiger partial charge in [0.25, 0.3) is 0 Å². The van der Waals surface area contributed by atoms with Gasteiger partial charge in [0.1, 0.15) is 0 Å². The molecule has 0 saturated heterocycles. The summed E-state index contributed by atoms with van der Waals surface area (Å²) >= 11 is 0. The van der Waals surface area contributed by atoms with E-state index >= 15 is 0 Å². The molecule has 0 radical (unpaired) electrons. The summed E-state index contributed by atoms with van der Waals surface area (Å²) in [4.78, 5) is 0. The summed E-state index contributed by atoms with van der Waals surface area (Å²) in [7, 11) is 2.11. The van der Waals surface area contributed by atoms with E-state index in [1.165, 1.54) is 76.8 Å². The van der Waals surface area contributed by atoms with Crippen LogP contribution in [0.1, 0.15) is 77.6 Å². The molecule has 0 bridgehead atoms. The molecule has 0 N–H and O–H groups in total. The molecule has 15 heavy (non-hydrogen) atoms. The van der Waals surface area contributed by atoms with Crippen LogP contribution in [-0.4, -0.2) is 6.16 Å². The van der Waals surface area contributed by atoms with E-state index in [4.69, 9.17) is 0 Å². The molecule has 0 rings (SSSR count). The molecule has 0 aliphatic heterocycles. The molecular formula is C13H30ClP. The van der Waals surface area contributed by atoms with E-state index in [0.29, 0.717) is 0 Å². The SMILES string of the molecule is CCCCCCCCCCCCC[PH3+].[Cl-]. The summed E-state index contributed by atoms with van der Waals surface area (Å²) in [5, 5.41) is 0. The Morgan fingerprint density at radius 1 is 0.600 bits per heavy atom. The second-order valence-corrected chi connectivity index (χ2v) is 5.10. The Labute approximate surface area is 106 Å². The van der Waals surface area contributed by atoms with Gasteiger partial charge in [-0.2, -0.15) is 0 Å².